The SMILES string of the molecule is CCOc1ccc(-c2csc3c(=O)n(Cc4cccnc4)cnc23)cc1OCC. The van der Waals surface area contributed by atoms with Gasteiger partial charge in [-0.2, -0.15) is 0 Å². The molecule has 0 spiro atoms. The van der Waals surface area contributed by atoms with Crippen LogP contribution in [0.1, 0.15) is 19.4 Å². The summed E-state index contributed by atoms with van der Waals surface area (Å²) in [5.74, 6) is 1.40. The van der Waals surface area contributed by atoms with E-state index in [4.69, 9.17) is 9.47 Å². The van der Waals surface area contributed by atoms with Crippen LogP contribution in [0.4, 0.5) is 0 Å². The van der Waals surface area contributed by atoms with E-state index >= 15 is 0 Å². The van der Waals surface area contributed by atoms with Gasteiger partial charge >= 0.3 is 0 Å². The quantitative estimate of drug-likeness (QED) is 0.455. The van der Waals surface area contributed by atoms with Gasteiger partial charge in [-0.1, -0.05) is 12.1 Å². The van der Waals surface area contributed by atoms with E-state index in [-0.39, 0.29) is 5.56 Å². The summed E-state index contributed by atoms with van der Waals surface area (Å²) in [6, 6.07) is 9.61. The first-order valence-corrected chi connectivity index (χ1v) is 10.3. The summed E-state index contributed by atoms with van der Waals surface area (Å²) in [4.78, 5) is 21.6. The molecule has 0 saturated carbocycles. The highest BCUT2D eigenvalue weighted by Crippen LogP contribution is 2.36. The number of rotatable bonds is 7. The zero-order valence-corrected chi connectivity index (χ0v) is 17.1. The third-order valence-corrected chi connectivity index (χ3v) is 5.43. The molecular formula is C22H21N3O3S. The second-order valence-electron chi connectivity index (χ2n) is 6.39. The van der Waals surface area contributed by atoms with Crippen LogP contribution in [-0.2, 0) is 6.54 Å². The molecule has 0 N–H and O–H groups in total. The Labute approximate surface area is 172 Å². The topological polar surface area (TPSA) is 66.2 Å². The van der Waals surface area contributed by atoms with Gasteiger partial charge in [0.15, 0.2) is 11.5 Å². The summed E-state index contributed by atoms with van der Waals surface area (Å²) in [7, 11) is 0. The number of nitrogens with zero attached hydrogens (tertiary/aromatic N) is 3. The molecule has 0 aliphatic heterocycles. The van der Waals surface area contributed by atoms with Gasteiger partial charge in [0.1, 0.15) is 4.70 Å². The highest BCUT2D eigenvalue weighted by Gasteiger charge is 2.15. The van der Waals surface area contributed by atoms with E-state index in [9.17, 15) is 4.79 Å². The molecule has 0 aliphatic rings. The minimum Gasteiger partial charge on any atom is -0.490 e. The lowest BCUT2D eigenvalue weighted by molar-refractivity contribution is 0.288. The Morgan fingerprint density at radius 1 is 1.10 bits per heavy atom. The second-order valence-corrected chi connectivity index (χ2v) is 7.27. The molecule has 0 saturated heterocycles. The maximum atomic E-state index is 13.0. The van der Waals surface area contributed by atoms with Crippen molar-refractivity contribution in [3.05, 3.63) is 70.4 Å². The molecule has 7 heteroatoms. The molecule has 0 bridgehead atoms. The normalized spacial score (nSPS) is 11.0. The maximum absolute atomic E-state index is 13.0. The van der Waals surface area contributed by atoms with Gasteiger partial charge < -0.3 is 9.47 Å². The van der Waals surface area contributed by atoms with E-state index in [1.165, 1.54) is 11.3 Å². The smallest absolute Gasteiger partial charge is 0.271 e. The van der Waals surface area contributed by atoms with Gasteiger partial charge in [-0.15, -0.1) is 11.3 Å². The minimum atomic E-state index is -0.0499. The Kier molecular flexibility index (Phi) is 5.57. The Morgan fingerprint density at radius 2 is 1.93 bits per heavy atom. The van der Waals surface area contributed by atoms with E-state index in [2.05, 4.69) is 9.97 Å². The van der Waals surface area contributed by atoms with Crippen LogP contribution in [0, 0.1) is 0 Å². The third-order valence-electron chi connectivity index (χ3n) is 4.48. The number of hydrogen-bond donors (Lipinski definition) is 0. The summed E-state index contributed by atoms with van der Waals surface area (Å²) in [5, 5.41) is 1.97. The van der Waals surface area contributed by atoms with Gasteiger partial charge in [-0.05, 0) is 43.2 Å². The van der Waals surface area contributed by atoms with Crippen molar-refractivity contribution in [2.75, 3.05) is 13.2 Å². The molecule has 6 nitrogen and oxygen atoms in total. The van der Waals surface area contributed by atoms with E-state index < -0.39 is 0 Å². The molecule has 4 aromatic rings. The molecule has 0 amide bonds. The van der Waals surface area contributed by atoms with Crippen molar-refractivity contribution in [3.8, 4) is 22.6 Å². The Hall–Kier alpha value is -3.19. The molecule has 0 fully saturated rings. The van der Waals surface area contributed by atoms with Crippen molar-refractivity contribution in [2.45, 2.75) is 20.4 Å². The molecule has 4 rings (SSSR count). The number of ether oxygens (including phenoxy) is 2. The van der Waals surface area contributed by atoms with Crippen LogP contribution in [0.3, 0.4) is 0 Å². The Bertz CT molecular complexity index is 1190. The molecular weight excluding hydrogens is 386 g/mol. The van der Waals surface area contributed by atoms with Crippen molar-refractivity contribution in [1.82, 2.24) is 14.5 Å². The van der Waals surface area contributed by atoms with Crippen molar-refractivity contribution in [1.29, 1.82) is 0 Å². The third kappa shape index (κ3) is 3.86. The standard InChI is InChI=1S/C22H21N3O3S/c1-3-27-18-8-7-16(10-19(18)28-4-2)17-13-29-21-20(17)24-14-25(22(21)26)12-15-6-5-9-23-11-15/h5-11,13-14H,3-4,12H2,1-2H3. The fraction of sp³-hybridized carbons (Fsp3) is 0.227. The summed E-state index contributed by atoms with van der Waals surface area (Å²) in [6.07, 6.45) is 5.07. The molecule has 3 heterocycles. The lowest BCUT2D eigenvalue weighted by Gasteiger charge is -2.12. The van der Waals surface area contributed by atoms with Crippen LogP contribution in [0.2, 0.25) is 0 Å². The monoisotopic (exact) mass is 407 g/mol. The number of benzene rings is 1. The Morgan fingerprint density at radius 3 is 2.69 bits per heavy atom. The average Bonchev–Trinajstić information content (AvgIpc) is 3.17. The lowest BCUT2D eigenvalue weighted by atomic mass is 10.1. The Balaban J connectivity index is 1.73. The van der Waals surface area contributed by atoms with Gasteiger partial charge in [0.05, 0.1) is 31.6 Å². The van der Waals surface area contributed by atoms with Crippen LogP contribution >= 0.6 is 11.3 Å². The molecule has 0 aliphatic carbocycles. The molecule has 1 aromatic carbocycles. The summed E-state index contributed by atoms with van der Waals surface area (Å²) < 4.78 is 13.6. The van der Waals surface area contributed by atoms with Crippen LogP contribution < -0.4 is 15.0 Å². The number of hydrogen-bond acceptors (Lipinski definition) is 6. The minimum absolute atomic E-state index is 0.0499. The molecule has 148 valence electrons. The number of pyridine rings is 1. The summed E-state index contributed by atoms with van der Waals surface area (Å²) in [6.45, 7) is 5.44. The van der Waals surface area contributed by atoms with Gasteiger partial charge in [0.2, 0.25) is 0 Å². The van der Waals surface area contributed by atoms with Crippen molar-refractivity contribution < 1.29 is 9.47 Å². The second kappa shape index (κ2) is 8.45. The lowest BCUT2D eigenvalue weighted by Crippen LogP contribution is -2.20. The summed E-state index contributed by atoms with van der Waals surface area (Å²) in [5.41, 5.74) is 3.47. The molecule has 3 aromatic heterocycles. The van der Waals surface area contributed by atoms with Gasteiger partial charge in [0, 0.05) is 23.3 Å². The van der Waals surface area contributed by atoms with Crippen LogP contribution in [0.25, 0.3) is 21.3 Å². The zero-order valence-electron chi connectivity index (χ0n) is 16.3. The van der Waals surface area contributed by atoms with Crippen molar-refractivity contribution >= 4 is 21.6 Å². The first-order chi connectivity index (χ1) is 14.2. The van der Waals surface area contributed by atoms with Crippen LogP contribution in [-0.4, -0.2) is 27.7 Å². The first-order valence-electron chi connectivity index (χ1n) is 9.46. The summed E-state index contributed by atoms with van der Waals surface area (Å²) >= 11 is 1.41. The van der Waals surface area contributed by atoms with Gasteiger partial charge in [-0.25, -0.2) is 4.98 Å². The van der Waals surface area contributed by atoms with Crippen LogP contribution in [0.5, 0.6) is 11.5 Å². The van der Waals surface area contributed by atoms with Crippen LogP contribution in [0.15, 0.2) is 59.2 Å². The number of aromatic nitrogens is 3. The molecule has 0 unspecified atom stereocenters. The average molecular weight is 407 g/mol. The molecule has 0 radical (unpaired) electrons. The van der Waals surface area contributed by atoms with E-state index in [0.717, 1.165) is 16.7 Å². The van der Waals surface area contributed by atoms with E-state index in [1.807, 2.05) is 49.6 Å². The van der Waals surface area contributed by atoms with E-state index in [0.29, 0.717) is 41.5 Å². The molecule has 29 heavy (non-hydrogen) atoms. The predicted octanol–water partition coefficient (Wildman–Crippen LogP) is 4.37. The fourth-order valence-corrected chi connectivity index (χ4v) is 4.14. The largest absolute Gasteiger partial charge is 0.490 e. The number of fused-ring (bicyclic) bond motifs is 1. The van der Waals surface area contributed by atoms with Crippen molar-refractivity contribution in [2.24, 2.45) is 0 Å². The highest BCUT2D eigenvalue weighted by molar-refractivity contribution is 7.17. The van der Waals surface area contributed by atoms with E-state index in [1.54, 1.807) is 23.3 Å². The fourth-order valence-electron chi connectivity index (χ4n) is 3.17. The van der Waals surface area contributed by atoms with Gasteiger partial charge in [0.25, 0.3) is 5.56 Å². The highest BCUT2D eigenvalue weighted by atomic mass is 32.1. The maximum Gasteiger partial charge on any atom is 0.271 e. The molecule has 0 atom stereocenters. The predicted molar refractivity (Wildman–Crippen MR) is 115 cm³/mol. The zero-order chi connectivity index (χ0) is 20.2. The number of thiophene rings is 1. The first kappa shape index (κ1) is 19.1. The van der Waals surface area contributed by atoms with Crippen molar-refractivity contribution in [3.63, 3.8) is 0 Å². The van der Waals surface area contributed by atoms with Gasteiger partial charge in [-0.3, -0.25) is 14.3 Å².